The molecule has 0 spiro atoms. The van der Waals surface area contributed by atoms with Crippen LogP contribution in [0.5, 0.6) is 0 Å². The van der Waals surface area contributed by atoms with Gasteiger partial charge in [0.05, 0.1) is 13.0 Å². The number of carbonyl (C=O) groups is 1. The highest BCUT2D eigenvalue weighted by molar-refractivity contribution is 7.99. The zero-order valence-electron chi connectivity index (χ0n) is 17.9. The van der Waals surface area contributed by atoms with Gasteiger partial charge in [-0.1, -0.05) is 37.8 Å². The maximum Gasteiger partial charge on any atom is 0.310 e. The lowest BCUT2D eigenvalue weighted by molar-refractivity contribution is -0.142. The Labute approximate surface area is 179 Å². The number of rotatable bonds is 5. The predicted molar refractivity (Wildman–Crippen MR) is 122 cm³/mol. The van der Waals surface area contributed by atoms with Crippen LogP contribution in [0.4, 0.5) is 0 Å². The Hall–Kier alpha value is -2.18. The summed E-state index contributed by atoms with van der Waals surface area (Å²) in [5.74, 6) is 7.71. The van der Waals surface area contributed by atoms with Crippen LogP contribution in [-0.2, 0) is 21.4 Å². The standard InChI is InChI=1S/C26H30O2S/c1-5-26(6-2)14-15-29-24-16-19(4)22(18-23(24)26)13-12-20-8-10-21(11-9-20)17-25(27)28-7-3/h8-11,16,18H,5-7,14-15,17H2,1-4H3. The van der Waals surface area contributed by atoms with Gasteiger partial charge in [0.25, 0.3) is 0 Å². The van der Waals surface area contributed by atoms with E-state index in [2.05, 4.69) is 44.7 Å². The minimum Gasteiger partial charge on any atom is -0.466 e. The Kier molecular flexibility index (Phi) is 7.09. The van der Waals surface area contributed by atoms with E-state index in [1.807, 2.05) is 43.0 Å². The maximum atomic E-state index is 11.6. The molecule has 0 amide bonds. The first-order valence-electron chi connectivity index (χ1n) is 10.6. The minimum absolute atomic E-state index is 0.191. The fraction of sp³-hybridized carbons (Fsp3) is 0.423. The predicted octanol–water partition coefficient (Wildman–Crippen LogP) is 6.05. The largest absolute Gasteiger partial charge is 0.466 e. The van der Waals surface area contributed by atoms with E-state index in [0.29, 0.717) is 18.4 Å². The smallest absolute Gasteiger partial charge is 0.310 e. The van der Waals surface area contributed by atoms with Crippen LogP contribution in [0.25, 0.3) is 0 Å². The summed E-state index contributed by atoms with van der Waals surface area (Å²) >= 11 is 1.98. The van der Waals surface area contributed by atoms with Gasteiger partial charge in [-0.05, 0) is 85.2 Å². The number of hydrogen-bond acceptors (Lipinski definition) is 3. The molecule has 0 aliphatic carbocycles. The average Bonchev–Trinajstić information content (AvgIpc) is 2.73. The molecule has 0 fully saturated rings. The Morgan fingerprint density at radius 3 is 2.48 bits per heavy atom. The van der Waals surface area contributed by atoms with E-state index < -0.39 is 0 Å². The van der Waals surface area contributed by atoms with Crippen molar-refractivity contribution in [1.29, 1.82) is 0 Å². The van der Waals surface area contributed by atoms with Crippen LogP contribution in [0.2, 0.25) is 0 Å². The number of fused-ring (bicyclic) bond motifs is 1. The van der Waals surface area contributed by atoms with Crippen LogP contribution in [0.15, 0.2) is 41.3 Å². The molecule has 152 valence electrons. The molecule has 0 atom stereocenters. The molecule has 2 nitrogen and oxygen atoms in total. The first-order valence-corrected chi connectivity index (χ1v) is 11.5. The summed E-state index contributed by atoms with van der Waals surface area (Å²) in [4.78, 5) is 13.0. The summed E-state index contributed by atoms with van der Waals surface area (Å²) in [5, 5.41) is 0. The Morgan fingerprint density at radius 1 is 1.10 bits per heavy atom. The van der Waals surface area contributed by atoms with Crippen LogP contribution >= 0.6 is 11.8 Å². The van der Waals surface area contributed by atoms with Crippen molar-refractivity contribution < 1.29 is 9.53 Å². The highest BCUT2D eigenvalue weighted by atomic mass is 32.2. The summed E-state index contributed by atoms with van der Waals surface area (Å²) < 4.78 is 5.01. The molecule has 1 aliphatic rings. The molecule has 0 saturated carbocycles. The van der Waals surface area contributed by atoms with Gasteiger partial charge < -0.3 is 4.74 Å². The van der Waals surface area contributed by atoms with Gasteiger partial charge in [0, 0.05) is 16.0 Å². The van der Waals surface area contributed by atoms with Gasteiger partial charge >= 0.3 is 5.97 Å². The lowest BCUT2D eigenvalue weighted by Gasteiger charge is -2.38. The van der Waals surface area contributed by atoms with E-state index in [1.165, 1.54) is 41.0 Å². The maximum absolute atomic E-state index is 11.6. The van der Waals surface area contributed by atoms with Crippen molar-refractivity contribution in [3.05, 3.63) is 64.2 Å². The molecule has 2 aromatic rings. The van der Waals surface area contributed by atoms with E-state index in [1.54, 1.807) is 0 Å². The number of aryl methyl sites for hydroxylation is 1. The van der Waals surface area contributed by atoms with E-state index in [0.717, 1.165) is 16.7 Å². The second kappa shape index (κ2) is 9.55. The van der Waals surface area contributed by atoms with E-state index in [-0.39, 0.29) is 5.97 Å². The second-order valence-corrected chi connectivity index (χ2v) is 8.81. The number of benzene rings is 2. The van der Waals surface area contributed by atoms with Crippen molar-refractivity contribution in [2.75, 3.05) is 12.4 Å². The molecular formula is C26H30O2S. The molecule has 0 saturated heterocycles. The molecule has 1 aliphatic heterocycles. The van der Waals surface area contributed by atoms with Gasteiger partial charge in [-0.15, -0.1) is 11.8 Å². The number of hydrogen-bond donors (Lipinski definition) is 0. The third-order valence-electron chi connectivity index (χ3n) is 6.04. The van der Waals surface area contributed by atoms with Crippen molar-refractivity contribution in [3.8, 4) is 11.8 Å². The highest BCUT2D eigenvalue weighted by Crippen LogP contribution is 2.46. The van der Waals surface area contributed by atoms with E-state index >= 15 is 0 Å². The molecular weight excluding hydrogens is 376 g/mol. The normalized spacial score (nSPS) is 14.5. The van der Waals surface area contributed by atoms with Crippen molar-refractivity contribution in [3.63, 3.8) is 0 Å². The van der Waals surface area contributed by atoms with Crippen LogP contribution in [0, 0.1) is 18.8 Å². The fourth-order valence-corrected chi connectivity index (χ4v) is 5.45. The first-order chi connectivity index (χ1) is 14.0. The SMILES string of the molecule is CCOC(=O)Cc1ccc(C#Cc2cc3c(cc2C)SCCC3(CC)CC)cc1. The molecule has 2 aromatic carbocycles. The third kappa shape index (κ3) is 4.87. The van der Waals surface area contributed by atoms with Gasteiger partial charge in [0.15, 0.2) is 0 Å². The van der Waals surface area contributed by atoms with Gasteiger partial charge in [-0.25, -0.2) is 0 Å². The van der Waals surface area contributed by atoms with Crippen molar-refractivity contribution in [1.82, 2.24) is 0 Å². The number of carbonyl (C=O) groups excluding carboxylic acids is 1. The molecule has 29 heavy (non-hydrogen) atoms. The fourth-order valence-electron chi connectivity index (χ4n) is 4.05. The molecule has 0 aromatic heterocycles. The Balaban J connectivity index is 1.85. The Morgan fingerprint density at radius 2 is 1.83 bits per heavy atom. The van der Waals surface area contributed by atoms with Crippen LogP contribution in [0.1, 0.15) is 67.9 Å². The molecule has 0 bridgehead atoms. The monoisotopic (exact) mass is 406 g/mol. The van der Waals surface area contributed by atoms with Gasteiger partial charge in [-0.3, -0.25) is 4.79 Å². The second-order valence-electron chi connectivity index (χ2n) is 7.68. The summed E-state index contributed by atoms with van der Waals surface area (Å²) in [6, 6.07) is 12.5. The molecule has 0 N–H and O–H groups in total. The quantitative estimate of drug-likeness (QED) is 0.446. The number of esters is 1. The highest BCUT2D eigenvalue weighted by Gasteiger charge is 2.34. The average molecular weight is 407 g/mol. The zero-order chi connectivity index (χ0) is 20.9. The first kappa shape index (κ1) is 21.5. The molecule has 0 radical (unpaired) electrons. The van der Waals surface area contributed by atoms with Gasteiger partial charge in [0.2, 0.25) is 0 Å². The number of thioether (sulfide) groups is 1. The van der Waals surface area contributed by atoms with Gasteiger partial charge in [0.1, 0.15) is 0 Å². The molecule has 0 unspecified atom stereocenters. The topological polar surface area (TPSA) is 26.3 Å². The van der Waals surface area contributed by atoms with Crippen LogP contribution in [0.3, 0.4) is 0 Å². The zero-order valence-corrected chi connectivity index (χ0v) is 18.7. The summed E-state index contributed by atoms with van der Waals surface area (Å²) in [6.45, 7) is 9.02. The van der Waals surface area contributed by atoms with Crippen molar-refractivity contribution in [2.45, 2.75) is 63.7 Å². The van der Waals surface area contributed by atoms with Crippen LogP contribution in [-0.4, -0.2) is 18.3 Å². The molecule has 3 heteroatoms. The Bertz CT molecular complexity index is 928. The van der Waals surface area contributed by atoms with Crippen LogP contribution < -0.4 is 0 Å². The minimum atomic E-state index is -0.191. The lowest BCUT2D eigenvalue weighted by atomic mass is 9.73. The summed E-state index contributed by atoms with van der Waals surface area (Å²) in [7, 11) is 0. The summed E-state index contributed by atoms with van der Waals surface area (Å²) in [5.41, 5.74) is 6.05. The molecule has 3 rings (SSSR count). The van der Waals surface area contributed by atoms with Crippen molar-refractivity contribution in [2.24, 2.45) is 0 Å². The van der Waals surface area contributed by atoms with Gasteiger partial charge in [-0.2, -0.15) is 0 Å². The van der Waals surface area contributed by atoms with Crippen molar-refractivity contribution >= 4 is 17.7 Å². The third-order valence-corrected chi connectivity index (χ3v) is 7.10. The van der Waals surface area contributed by atoms with E-state index in [9.17, 15) is 4.79 Å². The summed E-state index contributed by atoms with van der Waals surface area (Å²) in [6.07, 6.45) is 3.90. The number of ether oxygens (including phenoxy) is 1. The van der Waals surface area contributed by atoms with E-state index in [4.69, 9.17) is 4.74 Å². The lowest BCUT2D eigenvalue weighted by Crippen LogP contribution is -2.29. The molecule has 1 heterocycles.